The average molecular weight is 274 g/mol. The van der Waals surface area contributed by atoms with Gasteiger partial charge in [0.2, 0.25) is 5.91 Å². The molecule has 2 aliphatic heterocycles. The Kier molecular flexibility index (Phi) is 5.06. The van der Waals surface area contributed by atoms with Crippen LogP contribution < -0.4 is 10.6 Å². The topological polar surface area (TPSA) is 41.1 Å². The minimum Gasteiger partial charge on any atom is -0.353 e. The lowest BCUT2D eigenvalue weighted by atomic mass is 9.93. The highest BCUT2D eigenvalue weighted by Gasteiger charge is 2.39. The number of hydrogen-bond acceptors (Lipinski definition) is 4. The molecular formula is C12H22N2OS2. The Labute approximate surface area is 112 Å². The highest BCUT2D eigenvalue weighted by Crippen LogP contribution is 2.25. The third-order valence-corrected chi connectivity index (χ3v) is 6.50. The minimum absolute atomic E-state index is 0.216. The van der Waals surface area contributed by atoms with Crippen molar-refractivity contribution in [1.82, 2.24) is 10.6 Å². The molecule has 0 aromatic rings. The van der Waals surface area contributed by atoms with Gasteiger partial charge in [-0.05, 0) is 25.8 Å². The van der Waals surface area contributed by atoms with E-state index in [4.69, 9.17) is 0 Å². The van der Waals surface area contributed by atoms with Crippen LogP contribution in [0.4, 0.5) is 0 Å². The molecule has 0 saturated carbocycles. The summed E-state index contributed by atoms with van der Waals surface area (Å²) in [5.74, 6) is 3.88. The molecule has 2 aliphatic rings. The van der Waals surface area contributed by atoms with Gasteiger partial charge < -0.3 is 10.6 Å². The van der Waals surface area contributed by atoms with Crippen LogP contribution in [0.15, 0.2) is 0 Å². The van der Waals surface area contributed by atoms with E-state index in [0.29, 0.717) is 5.25 Å². The summed E-state index contributed by atoms with van der Waals surface area (Å²) in [7, 11) is 0. The summed E-state index contributed by atoms with van der Waals surface area (Å²) in [6, 6.07) is 0. The molecule has 2 N–H and O–H groups in total. The third kappa shape index (κ3) is 3.32. The molecule has 0 aromatic heterocycles. The molecule has 17 heavy (non-hydrogen) atoms. The van der Waals surface area contributed by atoms with E-state index in [2.05, 4.69) is 17.6 Å². The van der Waals surface area contributed by atoms with E-state index in [1.165, 1.54) is 17.3 Å². The lowest BCUT2D eigenvalue weighted by Crippen LogP contribution is -2.54. The molecule has 3 nitrogen and oxygen atoms in total. The second-order valence-corrected chi connectivity index (χ2v) is 7.30. The van der Waals surface area contributed by atoms with Crippen LogP contribution in [0.1, 0.15) is 26.2 Å². The maximum Gasteiger partial charge on any atom is 0.240 e. The van der Waals surface area contributed by atoms with Gasteiger partial charge >= 0.3 is 0 Å². The summed E-state index contributed by atoms with van der Waals surface area (Å²) in [6.07, 6.45) is 3.00. The van der Waals surface area contributed by atoms with Crippen molar-refractivity contribution >= 4 is 29.4 Å². The van der Waals surface area contributed by atoms with E-state index in [9.17, 15) is 4.79 Å². The first-order valence-corrected chi connectivity index (χ1v) is 8.70. The monoisotopic (exact) mass is 274 g/mol. The van der Waals surface area contributed by atoms with Gasteiger partial charge in [-0.1, -0.05) is 6.92 Å². The molecule has 0 aromatic carbocycles. The maximum absolute atomic E-state index is 12.3. The summed E-state index contributed by atoms with van der Waals surface area (Å²) in [5, 5.41) is 7.14. The van der Waals surface area contributed by atoms with Crippen LogP contribution in [0.3, 0.4) is 0 Å². The SMILES string of the molecule is CCC1(C(=O)NCC2CSCCS2)CCCN1. The Balaban J connectivity index is 1.79. The zero-order valence-corrected chi connectivity index (χ0v) is 12.1. The molecule has 2 heterocycles. The number of hydrogen-bond donors (Lipinski definition) is 2. The van der Waals surface area contributed by atoms with Gasteiger partial charge in [0.05, 0.1) is 5.54 Å². The van der Waals surface area contributed by atoms with E-state index in [1.807, 2.05) is 23.5 Å². The summed E-state index contributed by atoms with van der Waals surface area (Å²) in [5.41, 5.74) is -0.271. The van der Waals surface area contributed by atoms with Crippen LogP contribution in [-0.4, -0.2) is 47.0 Å². The molecule has 5 heteroatoms. The Morgan fingerprint density at radius 2 is 2.41 bits per heavy atom. The molecule has 0 aliphatic carbocycles. The summed E-state index contributed by atoms with van der Waals surface area (Å²) in [6.45, 7) is 3.92. The largest absolute Gasteiger partial charge is 0.353 e. The van der Waals surface area contributed by atoms with Gasteiger partial charge in [0, 0.05) is 29.1 Å². The van der Waals surface area contributed by atoms with Crippen LogP contribution in [0.25, 0.3) is 0 Å². The first-order valence-electron chi connectivity index (χ1n) is 6.49. The van der Waals surface area contributed by atoms with Crippen molar-refractivity contribution in [1.29, 1.82) is 0 Å². The molecular weight excluding hydrogens is 252 g/mol. The van der Waals surface area contributed by atoms with Crippen molar-refractivity contribution in [3.63, 3.8) is 0 Å². The van der Waals surface area contributed by atoms with Crippen molar-refractivity contribution in [2.24, 2.45) is 0 Å². The van der Waals surface area contributed by atoms with Crippen molar-refractivity contribution in [3.05, 3.63) is 0 Å². The molecule has 2 unspecified atom stereocenters. The third-order valence-electron chi connectivity index (χ3n) is 3.66. The highest BCUT2D eigenvalue weighted by atomic mass is 32.2. The molecule has 1 amide bonds. The second kappa shape index (κ2) is 6.34. The predicted octanol–water partition coefficient (Wildman–Crippen LogP) is 1.48. The van der Waals surface area contributed by atoms with E-state index < -0.39 is 0 Å². The van der Waals surface area contributed by atoms with E-state index in [1.54, 1.807) is 0 Å². The Morgan fingerprint density at radius 3 is 3.00 bits per heavy atom. The Morgan fingerprint density at radius 1 is 1.53 bits per heavy atom. The fourth-order valence-corrected chi connectivity index (χ4v) is 5.10. The van der Waals surface area contributed by atoms with Crippen molar-refractivity contribution in [3.8, 4) is 0 Å². The smallest absolute Gasteiger partial charge is 0.240 e. The predicted molar refractivity (Wildman–Crippen MR) is 76.8 cm³/mol. The molecule has 2 rings (SSSR count). The lowest BCUT2D eigenvalue weighted by molar-refractivity contribution is -0.127. The van der Waals surface area contributed by atoms with Crippen molar-refractivity contribution in [2.45, 2.75) is 37.0 Å². The molecule has 0 spiro atoms. The number of carbonyl (C=O) groups excluding carboxylic acids is 1. The first kappa shape index (κ1) is 13.6. The Hall–Kier alpha value is 0.130. The molecule has 98 valence electrons. The van der Waals surface area contributed by atoms with Crippen LogP contribution >= 0.6 is 23.5 Å². The van der Waals surface area contributed by atoms with E-state index in [0.717, 1.165) is 32.4 Å². The van der Waals surface area contributed by atoms with Gasteiger partial charge in [0.1, 0.15) is 0 Å². The van der Waals surface area contributed by atoms with Crippen LogP contribution in [0.2, 0.25) is 0 Å². The van der Waals surface area contributed by atoms with Gasteiger partial charge in [-0.25, -0.2) is 0 Å². The van der Waals surface area contributed by atoms with Crippen LogP contribution in [-0.2, 0) is 4.79 Å². The standard InChI is InChI=1S/C12H22N2OS2/c1-2-12(4-3-5-14-12)11(15)13-8-10-9-16-6-7-17-10/h10,14H,2-9H2,1H3,(H,13,15). The zero-order valence-electron chi connectivity index (χ0n) is 10.5. The number of nitrogens with one attached hydrogen (secondary N) is 2. The van der Waals surface area contributed by atoms with E-state index in [-0.39, 0.29) is 11.4 Å². The normalized spacial score (nSPS) is 33.6. The number of thioether (sulfide) groups is 2. The number of amides is 1. The summed E-state index contributed by atoms with van der Waals surface area (Å²) >= 11 is 4.00. The molecule has 2 atom stereocenters. The quantitative estimate of drug-likeness (QED) is 0.815. The van der Waals surface area contributed by atoms with Gasteiger partial charge in [0.25, 0.3) is 0 Å². The fraction of sp³-hybridized carbons (Fsp3) is 0.917. The number of rotatable bonds is 4. The molecule has 0 radical (unpaired) electrons. The fourth-order valence-electron chi connectivity index (χ4n) is 2.49. The molecule has 0 bridgehead atoms. The summed E-state index contributed by atoms with van der Waals surface area (Å²) in [4.78, 5) is 12.3. The average Bonchev–Trinajstić information content (AvgIpc) is 2.87. The molecule has 2 saturated heterocycles. The minimum atomic E-state index is -0.271. The summed E-state index contributed by atoms with van der Waals surface area (Å²) < 4.78 is 0. The number of carbonyl (C=O) groups is 1. The van der Waals surface area contributed by atoms with Gasteiger partial charge in [-0.3, -0.25) is 4.79 Å². The van der Waals surface area contributed by atoms with E-state index >= 15 is 0 Å². The maximum atomic E-state index is 12.3. The first-order chi connectivity index (χ1) is 8.27. The zero-order chi connectivity index (χ0) is 12.1. The van der Waals surface area contributed by atoms with Crippen molar-refractivity contribution in [2.75, 3.05) is 30.3 Å². The second-order valence-electron chi connectivity index (χ2n) is 4.74. The van der Waals surface area contributed by atoms with Gasteiger partial charge in [0.15, 0.2) is 0 Å². The van der Waals surface area contributed by atoms with Crippen LogP contribution in [0.5, 0.6) is 0 Å². The van der Waals surface area contributed by atoms with Crippen molar-refractivity contribution < 1.29 is 4.79 Å². The lowest BCUT2D eigenvalue weighted by Gasteiger charge is -2.28. The van der Waals surface area contributed by atoms with Gasteiger partial charge in [-0.15, -0.1) is 0 Å². The molecule has 2 fully saturated rings. The Bertz CT molecular complexity index is 261. The highest BCUT2D eigenvalue weighted by molar-refractivity contribution is 8.06. The van der Waals surface area contributed by atoms with Crippen LogP contribution in [0, 0.1) is 0 Å². The van der Waals surface area contributed by atoms with Gasteiger partial charge in [-0.2, -0.15) is 23.5 Å².